The summed E-state index contributed by atoms with van der Waals surface area (Å²) in [6.45, 7) is 1.69. The SMILES string of the molecule is N#Cc1cnc(NC2CCN(c3ncccc3Cl)C2)cn1. The standard InChI is InChI=1S/C14H13ClN6/c15-12-2-1-4-17-14(12)21-5-3-10(9-21)20-13-8-18-11(6-16)7-19-13/h1-2,4,7-8,10H,3,5,9H2,(H,19,20). The molecule has 0 amide bonds. The third-order valence-corrected chi connectivity index (χ3v) is 3.64. The van der Waals surface area contributed by atoms with Crippen LogP contribution in [0.25, 0.3) is 0 Å². The molecule has 0 spiro atoms. The molecule has 0 bridgehead atoms. The van der Waals surface area contributed by atoms with Crippen LogP contribution in [0.3, 0.4) is 0 Å². The third kappa shape index (κ3) is 3.03. The van der Waals surface area contributed by atoms with Crippen LogP contribution in [0.2, 0.25) is 5.02 Å². The van der Waals surface area contributed by atoms with E-state index in [2.05, 4.69) is 25.2 Å². The second kappa shape index (κ2) is 5.94. The number of rotatable bonds is 3. The molecular formula is C14H13ClN6. The molecule has 1 unspecified atom stereocenters. The van der Waals surface area contributed by atoms with Gasteiger partial charge in [0.2, 0.25) is 0 Å². The average molecular weight is 301 g/mol. The van der Waals surface area contributed by atoms with Crippen LogP contribution in [0.15, 0.2) is 30.7 Å². The first-order chi connectivity index (χ1) is 10.3. The summed E-state index contributed by atoms with van der Waals surface area (Å²) in [5.41, 5.74) is 0.314. The van der Waals surface area contributed by atoms with E-state index >= 15 is 0 Å². The zero-order valence-electron chi connectivity index (χ0n) is 11.2. The summed E-state index contributed by atoms with van der Waals surface area (Å²) < 4.78 is 0. The monoisotopic (exact) mass is 300 g/mol. The Balaban J connectivity index is 1.64. The molecule has 1 aliphatic rings. The van der Waals surface area contributed by atoms with Crippen molar-refractivity contribution in [1.29, 1.82) is 5.26 Å². The highest BCUT2D eigenvalue weighted by Crippen LogP contribution is 2.26. The Morgan fingerprint density at radius 1 is 1.33 bits per heavy atom. The quantitative estimate of drug-likeness (QED) is 0.935. The van der Waals surface area contributed by atoms with Gasteiger partial charge < -0.3 is 10.2 Å². The maximum absolute atomic E-state index is 8.70. The largest absolute Gasteiger partial charge is 0.364 e. The van der Waals surface area contributed by atoms with Crippen LogP contribution >= 0.6 is 11.6 Å². The number of anilines is 2. The number of nitriles is 1. The molecule has 0 aliphatic carbocycles. The van der Waals surface area contributed by atoms with Gasteiger partial charge in [-0.25, -0.2) is 15.0 Å². The van der Waals surface area contributed by atoms with E-state index in [0.29, 0.717) is 16.5 Å². The zero-order chi connectivity index (χ0) is 14.7. The van der Waals surface area contributed by atoms with Crippen molar-refractivity contribution < 1.29 is 0 Å². The van der Waals surface area contributed by atoms with E-state index in [1.165, 1.54) is 6.20 Å². The number of pyridine rings is 1. The van der Waals surface area contributed by atoms with E-state index in [4.69, 9.17) is 16.9 Å². The number of halogens is 1. The molecule has 3 heterocycles. The predicted molar refractivity (Wildman–Crippen MR) is 80.2 cm³/mol. The molecule has 1 atom stereocenters. The Labute approximate surface area is 127 Å². The fourth-order valence-corrected chi connectivity index (χ4v) is 2.59. The molecule has 0 saturated carbocycles. The molecule has 0 aromatic carbocycles. The maximum atomic E-state index is 8.70. The average Bonchev–Trinajstić information content (AvgIpc) is 2.97. The molecule has 2 aromatic heterocycles. The van der Waals surface area contributed by atoms with Crippen molar-refractivity contribution in [3.63, 3.8) is 0 Å². The molecule has 1 fully saturated rings. The number of nitrogens with zero attached hydrogens (tertiary/aromatic N) is 5. The summed E-state index contributed by atoms with van der Waals surface area (Å²) in [4.78, 5) is 14.6. The van der Waals surface area contributed by atoms with Crippen molar-refractivity contribution in [1.82, 2.24) is 15.0 Å². The zero-order valence-corrected chi connectivity index (χ0v) is 12.0. The minimum atomic E-state index is 0.255. The molecule has 2 aromatic rings. The van der Waals surface area contributed by atoms with E-state index in [1.54, 1.807) is 12.4 Å². The predicted octanol–water partition coefficient (Wildman–Crippen LogP) is 2.09. The molecule has 1 aliphatic heterocycles. The van der Waals surface area contributed by atoms with Gasteiger partial charge in [-0.1, -0.05) is 11.6 Å². The molecule has 0 radical (unpaired) electrons. The molecule has 1 N–H and O–H groups in total. The smallest absolute Gasteiger partial charge is 0.158 e. The highest BCUT2D eigenvalue weighted by molar-refractivity contribution is 6.32. The Kier molecular flexibility index (Phi) is 3.84. The first-order valence-electron chi connectivity index (χ1n) is 6.60. The summed E-state index contributed by atoms with van der Waals surface area (Å²) in [5.74, 6) is 1.49. The Bertz CT molecular complexity index is 666. The van der Waals surface area contributed by atoms with Crippen molar-refractivity contribution in [3.05, 3.63) is 41.4 Å². The molecule has 106 valence electrons. The van der Waals surface area contributed by atoms with E-state index in [0.717, 1.165) is 25.3 Å². The lowest BCUT2D eigenvalue weighted by Gasteiger charge is -2.19. The Morgan fingerprint density at radius 2 is 2.24 bits per heavy atom. The van der Waals surface area contributed by atoms with Gasteiger partial charge in [-0.15, -0.1) is 0 Å². The van der Waals surface area contributed by atoms with Gasteiger partial charge in [0, 0.05) is 25.3 Å². The number of aromatic nitrogens is 3. The summed E-state index contributed by atoms with van der Waals surface area (Å²) in [6, 6.07) is 5.87. The van der Waals surface area contributed by atoms with Crippen molar-refractivity contribution in [2.75, 3.05) is 23.3 Å². The normalized spacial score (nSPS) is 17.5. The van der Waals surface area contributed by atoms with Gasteiger partial charge in [0.25, 0.3) is 0 Å². The fraction of sp³-hybridized carbons (Fsp3) is 0.286. The van der Waals surface area contributed by atoms with Gasteiger partial charge in [-0.05, 0) is 18.6 Å². The third-order valence-electron chi connectivity index (χ3n) is 3.35. The van der Waals surface area contributed by atoms with Gasteiger partial charge >= 0.3 is 0 Å². The van der Waals surface area contributed by atoms with Crippen LogP contribution in [0, 0.1) is 11.3 Å². The molecule has 3 rings (SSSR count). The van der Waals surface area contributed by atoms with Crippen LogP contribution < -0.4 is 10.2 Å². The topological polar surface area (TPSA) is 77.7 Å². The van der Waals surface area contributed by atoms with E-state index < -0.39 is 0 Å². The van der Waals surface area contributed by atoms with E-state index in [-0.39, 0.29) is 6.04 Å². The Morgan fingerprint density at radius 3 is 2.95 bits per heavy atom. The number of hydrogen-bond donors (Lipinski definition) is 1. The van der Waals surface area contributed by atoms with Gasteiger partial charge in [0.1, 0.15) is 17.7 Å². The van der Waals surface area contributed by atoms with Crippen LogP contribution in [-0.4, -0.2) is 34.1 Å². The minimum Gasteiger partial charge on any atom is -0.364 e. The maximum Gasteiger partial charge on any atom is 0.158 e. The van der Waals surface area contributed by atoms with Crippen LogP contribution in [0.5, 0.6) is 0 Å². The van der Waals surface area contributed by atoms with Gasteiger partial charge in [0.15, 0.2) is 5.69 Å². The lowest BCUT2D eigenvalue weighted by Crippen LogP contribution is -2.27. The first-order valence-corrected chi connectivity index (χ1v) is 6.98. The van der Waals surface area contributed by atoms with E-state index in [1.807, 2.05) is 18.2 Å². The van der Waals surface area contributed by atoms with Crippen molar-refractivity contribution in [3.8, 4) is 6.07 Å². The van der Waals surface area contributed by atoms with Crippen molar-refractivity contribution in [2.45, 2.75) is 12.5 Å². The van der Waals surface area contributed by atoms with Gasteiger partial charge in [0.05, 0.1) is 17.4 Å². The van der Waals surface area contributed by atoms with Crippen LogP contribution in [-0.2, 0) is 0 Å². The van der Waals surface area contributed by atoms with Crippen molar-refractivity contribution in [2.24, 2.45) is 0 Å². The van der Waals surface area contributed by atoms with E-state index in [9.17, 15) is 0 Å². The van der Waals surface area contributed by atoms with Crippen LogP contribution in [0.1, 0.15) is 12.1 Å². The first kappa shape index (κ1) is 13.6. The molecule has 6 nitrogen and oxygen atoms in total. The number of hydrogen-bond acceptors (Lipinski definition) is 6. The highest BCUT2D eigenvalue weighted by atomic mass is 35.5. The van der Waals surface area contributed by atoms with Gasteiger partial charge in [-0.2, -0.15) is 5.26 Å². The second-order valence-electron chi connectivity index (χ2n) is 4.78. The summed E-state index contributed by atoms with van der Waals surface area (Å²) in [6.07, 6.45) is 5.75. The number of nitrogens with one attached hydrogen (secondary N) is 1. The lowest BCUT2D eigenvalue weighted by molar-refractivity contribution is 0.798. The molecular weight excluding hydrogens is 288 g/mol. The highest BCUT2D eigenvalue weighted by Gasteiger charge is 2.24. The summed E-state index contributed by atoms with van der Waals surface area (Å²) in [7, 11) is 0. The summed E-state index contributed by atoms with van der Waals surface area (Å²) >= 11 is 6.17. The van der Waals surface area contributed by atoms with Crippen LogP contribution in [0.4, 0.5) is 11.6 Å². The summed E-state index contributed by atoms with van der Waals surface area (Å²) in [5, 5.41) is 12.7. The molecule has 21 heavy (non-hydrogen) atoms. The van der Waals surface area contributed by atoms with Gasteiger partial charge in [-0.3, -0.25) is 0 Å². The minimum absolute atomic E-state index is 0.255. The molecule has 1 saturated heterocycles. The lowest BCUT2D eigenvalue weighted by atomic mass is 10.2. The van der Waals surface area contributed by atoms with Crippen molar-refractivity contribution >= 4 is 23.2 Å². The fourth-order valence-electron chi connectivity index (χ4n) is 2.35. The Hall–Kier alpha value is -2.39. The second-order valence-corrected chi connectivity index (χ2v) is 5.19. The molecule has 7 heteroatoms.